The molecule has 1 aliphatic carbocycles. The van der Waals surface area contributed by atoms with Crippen LogP contribution in [-0.4, -0.2) is 19.3 Å². The van der Waals surface area contributed by atoms with Gasteiger partial charge in [-0.2, -0.15) is 13.2 Å². The molecule has 1 nitrogen and oxygen atoms in total. The largest absolute Gasteiger partial charge is 0.390 e. The van der Waals surface area contributed by atoms with Crippen molar-refractivity contribution >= 4 is 0 Å². The Morgan fingerprint density at radius 3 is 2.57 bits per heavy atom. The van der Waals surface area contributed by atoms with E-state index in [0.717, 1.165) is 31.3 Å². The second kappa shape index (κ2) is 4.82. The van der Waals surface area contributed by atoms with Crippen LogP contribution in [0.2, 0.25) is 0 Å². The summed E-state index contributed by atoms with van der Waals surface area (Å²) in [6.45, 7) is 0. The summed E-state index contributed by atoms with van der Waals surface area (Å²) < 4.78 is 36.5. The predicted octanol–water partition coefficient (Wildman–Crippen LogP) is 3.03. The molecular formula is C10H16F3N. The summed E-state index contributed by atoms with van der Waals surface area (Å²) >= 11 is 0. The number of rotatable bonds is 3. The van der Waals surface area contributed by atoms with Gasteiger partial charge in [-0.1, -0.05) is 11.6 Å². The number of hydrogen-bond acceptors (Lipinski definition) is 1. The van der Waals surface area contributed by atoms with Gasteiger partial charge in [-0.3, -0.25) is 0 Å². The zero-order valence-corrected chi connectivity index (χ0v) is 8.32. The minimum Gasteiger partial charge on any atom is -0.313 e. The Hall–Kier alpha value is -0.510. The van der Waals surface area contributed by atoms with Gasteiger partial charge in [0.15, 0.2) is 0 Å². The Morgan fingerprint density at radius 2 is 2.14 bits per heavy atom. The van der Waals surface area contributed by atoms with Gasteiger partial charge in [0, 0.05) is 6.04 Å². The van der Waals surface area contributed by atoms with Crippen molar-refractivity contribution < 1.29 is 13.2 Å². The van der Waals surface area contributed by atoms with E-state index >= 15 is 0 Å². The molecule has 14 heavy (non-hydrogen) atoms. The summed E-state index contributed by atoms with van der Waals surface area (Å²) in [6.07, 6.45) is 0.971. The van der Waals surface area contributed by atoms with Crippen molar-refractivity contribution in [1.82, 2.24) is 5.32 Å². The van der Waals surface area contributed by atoms with Crippen LogP contribution in [0, 0.1) is 0 Å². The van der Waals surface area contributed by atoms with Gasteiger partial charge in [-0.05, 0) is 32.7 Å². The van der Waals surface area contributed by atoms with Gasteiger partial charge in [0.1, 0.15) is 0 Å². The van der Waals surface area contributed by atoms with Crippen molar-refractivity contribution in [2.24, 2.45) is 0 Å². The van der Waals surface area contributed by atoms with Crippen LogP contribution >= 0.6 is 0 Å². The molecule has 1 aliphatic rings. The summed E-state index contributed by atoms with van der Waals surface area (Å²) in [5.41, 5.74) is 0.927. The molecule has 1 rings (SSSR count). The molecule has 82 valence electrons. The molecule has 0 bridgehead atoms. The smallest absolute Gasteiger partial charge is 0.313 e. The van der Waals surface area contributed by atoms with Crippen LogP contribution in [0.5, 0.6) is 0 Å². The van der Waals surface area contributed by atoms with Crippen LogP contribution in [0.1, 0.15) is 32.1 Å². The Morgan fingerprint density at radius 1 is 1.43 bits per heavy atom. The van der Waals surface area contributed by atoms with Gasteiger partial charge in [-0.15, -0.1) is 0 Å². The molecule has 0 radical (unpaired) electrons. The van der Waals surface area contributed by atoms with Crippen molar-refractivity contribution in [3.63, 3.8) is 0 Å². The minimum absolute atomic E-state index is 0.518. The van der Waals surface area contributed by atoms with E-state index in [2.05, 4.69) is 5.32 Å². The van der Waals surface area contributed by atoms with Crippen LogP contribution in [0.25, 0.3) is 0 Å². The highest BCUT2D eigenvalue weighted by Crippen LogP contribution is 2.28. The summed E-state index contributed by atoms with van der Waals surface area (Å²) in [5.74, 6) is 0. The van der Waals surface area contributed by atoms with Gasteiger partial charge in [0.2, 0.25) is 0 Å². The first-order chi connectivity index (χ1) is 6.53. The lowest BCUT2D eigenvalue weighted by atomic mass is 9.92. The molecule has 0 fully saturated rings. The Kier molecular flexibility index (Phi) is 3.98. The van der Waals surface area contributed by atoms with Crippen LogP contribution < -0.4 is 5.32 Å². The lowest BCUT2D eigenvalue weighted by Gasteiger charge is -2.23. The van der Waals surface area contributed by atoms with Crippen molar-refractivity contribution in [2.45, 2.75) is 44.3 Å². The number of nitrogens with one attached hydrogen (secondary N) is 1. The van der Waals surface area contributed by atoms with Crippen LogP contribution in [-0.2, 0) is 0 Å². The maximum Gasteiger partial charge on any atom is 0.390 e. The average Bonchev–Trinajstić information content (AvgIpc) is 2.14. The summed E-state index contributed by atoms with van der Waals surface area (Å²) in [5, 5.41) is 2.74. The lowest BCUT2D eigenvalue weighted by Crippen LogP contribution is -2.33. The van der Waals surface area contributed by atoms with Gasteiger partial charge in [0.05, 0.1) is 6.42 Å². The fourth-order valence-corrected chi connectivity index (χ4v) is 1.83. The van der Waals surface area contributed by atoms with Crippen LogP contribution in [0.4, 0.5) is 13.2 Å². The molecule has 0 heterocycles. The molecule has 0 aliphatic heterocycles. The zero-order valence-electron chi connectivity index (χ0n) is 8.32. The van der Waals surface area contributed by atoms with E-state index in [0.29, 0.717) is 0 Å². The summed E-state index contributed by atoms with van der Waals surface area (Å²) in [7, 11) is 1.59. The zero-order chi connectivity index (χ0) is 10.6. The normalized spacial score (nSPS) is 20.4. The molecule has 1 unspecified atom stereocenters. The topological polar surface area (TPSA) is 12.0 Å². The quantitative estimate of drug-likeness (QED) is 0.701. The molecule has 0 aromatic rings. The monoisotopic (exact) mass is 207 g/mol. The van der Waals surface area contributed by atoms with Crippen molar-refractivity contribution in [3.8, 4) is 0 Å². The van der Waals surface area contributed by atoms with E-state index in [-0.39, 0.29) is 0 Å². The highest BCUT2D eigenvalue weighted by molar-refractivity contribution is 5.13. The van der Waals surface area contributed by atoms with E-state index in [9.17, 15) is 13.2 Å². The summed E-state index contributed by atoms with van der Waals surface area (Å²) in [6, 6.07) is -0.518. The number of likely N-dealkylation sites (N-methyl/N-ethyl adjacent to an activating group) is 1. The molecule has 0 spiro atoms. The fraction of sp³-hybridized carbons (Fsp3) is 0.800. The van der Waals surface area contributed by atoms with Crippen LogP contribution in [0.15, 0.2) is 11.6 Å². The fourth-order valence-electron chi connectivity index (χ4n) is 1.83. The highest BCUT2D eigenvalue weighted by Gasteiger charge is 2.32. The molecule has 1 atom stereocenters. The van der Waals surface area contributed by atoms with E-state index in [1.165, 1.54) is 0 Å². The first-order valence-corrected chi connectivity index (χ1v) is 4.96. The first kappa shape index (κ1) is 11.6. The number of alkyl halides is 3. The van der Waals surface area contributed by atoms with Crippen molar-refractivity contribution in [3.05, 3.63) is 11.6 Å². The molecule has 0 saturated heterocycles. The van der Waals surface area contributed by atoms with E-state index < -0.39 is 18.6 Å². The molecule has 4 heteroatoms. The van der Waals surface area contributed by atoms with Gasteiger partial charge in [-0.25, -0.2) is 0 Å². The number of allylic oxidation sites excluding steroid dienone is 1. The van der Waals surface area contributed by atoms with Gasteiger partial charge < -0.3 is 5.32 Å². The number of hydrogen-bond donors (Lipinski definition) is 1. The third kappa shape index (κ3) is 3.70. The third-order valence-corrected chi connectivity index (χ3v) is 2.56. The highest BCUT2D eigenvalue weighted by atomic mass is 19.4. The average molecular weight is 207 g/mol. The second-order valence-corrected chi connectivity index (χ2v) is 3.69. The van der Waals surface area contributed by atoms with E-state index in [1.54, 1.807) is 7.05 Å². The summed E-state index contributed by atoms with van der Waals surface area (Å²) in [4.78, 5) is 0. The Bertz CT molecular complexity index is 208. The van der Waals surface area contributed by atoms with Gasteiger partial charge in [0.25, 0.3) is 0 Å². The van der Waals surface area contributed by atoms with E-state index in [4.69, 9.17) is 0 Å². The van der Waals surface area contributed by atoms with E-state index in [1.807, 2.05) is 6.08 Å². The number of halogens is 3. The van der Waals surface area contributed by atoms with Crippen molar-refractivity contribution in [1.29, 1.82) is 0 Å². The minimum atomic E-state index is -4.08. The molecule has 0 aromatic heterocycles. The van der Waals surface area contributed by atoms with Crippen molar-refractivity contribution in [2.75, 3.05) is 7.05 Å². The molecule has 0 saturated carbocycles. The molecule has 0 amide bonds. The molecule has 1 N–H and O–H groups in total. The first-order valence-electron chi connectivity index (χ1n) is 4.96. The van der Waals surface area contributed by atoms with Crippen LogP contribution in [0.3, 0.4) is 0 Å². The maximum absolute atomic E-state index is 12.2. The Balaban J connectivity index is 2.57. The Labute approximate surface area is 82.4 Å². The standard InChI is InChI=1S/C10H16F3N/c1-14-9(7-10(11,12)13)8-5-3-2-4-6-8/h5,9,14H,2-4,6-7H2,1H3. The lowest BCUT2D eigenvalue weighted by molar-refractivity contribution is -0.137. The SMILES string of the molecule is CNC(CC(F)(F)F)C1=CCCCC1. The molecular weight excluding hydrogens is 191 g/mol. The third-order valence-electron chi connectivity index (χ3n) is 2.56. The predicted molar refractivity (Wildman–Crippen MR) is 50.1 cm³/mol. The van der Waals surface area contributed by atoms with Gasteiger partial charge >= 0.3 is 6.18 Å². The maximum atomic E-state index is 12.2. The molecule has 0 aromatic carbocycles. The second-order valence-electron chi connectivity index (χ2n) is 3.69.